The Morgan fingerprint density at radius 2 is 0.214 bits per heavy atom. The Morgan fingerprint density at radius 1 is 0.161 bits per heavy atom. The van der Waals surface area contributed by atoms with Gasteiger partial charge in [0.25, 0.3) is 0 Å². The van der Waals surface area contributed by atoms with Crippen LogP contribution in [0.5, 0.6) is 0 Å². The van der Waals surface area contributed by atoms with E-state index in [1.54, 1.807) is 0 Å². The highest BCUT2D eigenvalue weighted by Crippen LogP contribution is 3.18. The van der Waals surface area contributed by atoms with Gasteiger partial charge in [-0.15, -0.1) is 0 Å². The van der Waals surface area contributed by atoms with Crippen molar-refractivity contribution in [1.82, 2.24) is 0 Å². The highest BCUT2D eigenvalue weighted by atomic mass is 31.1. The lowest BCUT2D eigenvalue weighted by atomic mass is 9.99. The van der Waals surface area contributed by atoms with Crippen LogP contribution in [0.15, 0.2) is 0 Å². The second-order valence-electron chi connectivity index (χ2n) is 29.0. The summed E-state index contributed by atoms with van der Waals surface area (Å²) in [5.74, 6) is 6.42. The molecular formula is C48H104Si8. The molecule has 6 aliphatic rings. The molecule has 6 aliphatic heterocycles. The minimum absolute atomic E-state index is 0.543. The van der Waals surface area contributed by atoms with Crippen molar-refractivity contribution in [3.63, 3.8) is 0 Å². The predicted molar refractivity (Wildman–Crippen MR) is 277 cm³/mol. The quantitative estimate of drug-likeness (QED) is 0.135. The van der Waals surface area contributed by atoms with Gasteiger partial charge < -0.3 is 0 Å². The lowest BCUT2D eigenvalue weighted by Gasteiger charge is -3.39. The molecule has 6 fully saturated rings. The molecule has 0 unspecified atom stereocenters. The van der Waals surface area contributed by atoms with Gasteiger partial charge in [0, 0.05) is 53.0 Å². The summed E-state index contributed by atoms with van der Waals surface area (Å²) < 4.78 is 0. The van der Waals surface area contributed by atoms with Crippen molar-refractivity contribution in [2.45, 2.75) is 262 Å². The van der Waals surface area contributed by atoms with Gasteiger partial charge in [-0.2, -0.15) is 0 Å². The molecule has 0 saturated carbocycles. The van der Waals surface area contributed by atoms with E-state index in [9.17, 15) is 0 Å². The number of hydrogen-bond acceptors (Lipinski definition) is 0. The fourth-order valence-electron chi connectivity index (χ4n) is 21.4. The highest BCUT2D eigenvalue weighted by molar-refractivity contribution is 8.94. The molecule has 0 spiro atoms. The van der Waals surface area contributed by atoms with Gasteiger partial charge in [0.1, 0.15) is 0 Å². The first kappa shape index (κ1) is 48.8. The van der Waals surface area contributed by atoms with Crippen molar-refractivity contribution in [3.8, 4) is 0 Å². The lowest BCUT2D eigenvalue weighted by molar-refractivity contribution is 0.399. The van der Waals surface area contributed by atoms with Crippen LogP contribution in [0.3, 0.4) is 0 Å². The molecule has 0 amide bonds. The van der Waals surface area contributed by atoms with Gasteiger partial charge in [0.05, 0.1) is 0 Å². The largest absolute Gasteiger partial charge is 0.0628 e. The summed E-state index contributed by atoms with van der Waals surface area (Å²) in [5, 5.41) is 4.35. The van der Waals surface area contributed by atoms with E-state index in [-0.39, 0.29) is 0 Å². The first-order valence-corrected chi connectivity index (χ1v) is 52.5. The molecule has 0 aromatic rings. The van der Waals surface area contributed by atoms with Gasteiger partial charge in [-0.25, -0.2) is 0 Å². The Bertz CT molecular complexity index is 1210. The lowest BCUT2D eigenvalue weighted by Crippen LogP contribution is -3.70. The van der Waals surface area contributed by atoms with Crippen LogP contribution in [-0.4, -0.2) is 53.0 Å². The Morgan fingerprint density at radius 3 is 0.250 bits per heavy atom. The van der Waals surface area contributed by atoms with Crippen LogP contribution in [-0.2, 0) is 0 Å². The Labute approximate surface area is 359 Å². The zero-order valence-corrected chi connectivity index (χ0v) is 52.6. The van der Waals surface area contributed by atoms with E-state index >= 15 is 0 Å². The molecule has 0 radical (unpaired) electrons. The zero-order chi connectivity index (χ0) is 44.6. The SMILES string of the molecule is CC(C)C(C)(C)[Si]12[Si]3(C(C)(C)C(C)C)[Si]4(C(C)(C)C(C)C)[Si]1(C(C)(C)C(C)C)[Si]1(C(C)(C)C(C)C)[Si]2(C(C)(C)C(C)C)[Si]3(C(C)(C)C(C)C)[Si]41C(C)(C)C(C)C. The van der Waals surface area contributed by atoms with Crippen molar-refractivity contribution in [2.24, 2.45) is 47.3 Å². The molecule has 0 bridgehead atoms. The Hall–Kier alpha value is 1.74. The first-order valence-electron chi connectivity index (χ1n) is 24.5. The van der Waals surface area contributed by atoms with Crippen LogP contribution in [0.4, 0.5) is 0 Å². The van der Waals surface area contributed by atoms with E-state index in [0.29, 0.717) is 40.3 Å². The standard InChI is InChI=1S/C48H104Si8/c1-33(2)41(17,18)49-50(42(19,20)34(3)4)53(45(25,26)37(9)10)51(49,43(21,22)35(5)6)55(47(29,30)39(13)14)52(49,44(23,24)36(7)8)54(50,46(27,28)38(11)12)56(53,55)48(31,32)40(15)16/h33-40H,1-32H3. The molecule has 0 aliphatic carbocycles. The molecule has 8 heteroatoms. The second kappa shape index (κ2) is 11.9. The molecule has 6 saturated heterocycles. The maximum absolute atomic E-state index is 3.12. The maximum Gasteiger partial charge on any atom is 0.0309 e. The summed E-state index contributed by atoms with van der Waals surface area (Å²) in [6, 6.07) is 0. The Kier molecular flexibility index (Phi) is 10.4. The van der Waals surface area contributed by atoms with Gasteiger partial charge >= 0.3 is 0 Å². The van der Waals surface area contributed by atoms with Gasteiger partial charge in [0.2, 0.25) is 0 Å². The second-order valence-corrected chi connectivity index (χ2v) is 141. The third-order valence-electron chi connectivity index (χ3n) is 26.0. The summed E-state index contributed by atoms with van der Waals surface area (Å²) >= 11 is 0. The molecule has 6 rings (SSSR count). The fourth-order valence-corrected chi connectivity index (χ4v) is 1120. The molecular weight excluding hydrogens is 801 g/mol. The molecule has 6 heterocycles. The van der Waals surface area contributed by atoms with Gasteiger partial charge in [-0.3, -0.25) is 0 Å². The van der Waals surface area contributed by atoms with Gasteiger partial charge in [-0.05, 0) is 87.6 Å². The van der Waals surface area contributed by atoms with Crippen LogP contribution in [0.25, 0.3) is 0 Å². The number of hydrogen-bond donors (Lipinski definition) is 0. The molecule has 0 aromatic heterocycles. The summed E-state index contributed by atoms with van der Waals surface area (Å²) in [4.78, 5) is 0. The van der Waals surface area contributed by atoms with Crippen molar-refractivity contribution in [1.29, 1.82) is 0 Å². The minimum atomic E-state index is -1.95. The Balaban J connectivity index is 2.48. The fraction of sp³-hybridized carbons (Fsp3) is 1.00. The van der Waals surface area contributed by atoms with Crippen molar-refractivity contribution < 1.29 is 0 Å². The molecule has 0 atom stereocenters. The summed E-state index contributed by atoms with van der Waals surface area (Å²) in [5.41, 5.74) is 0. The van der Waals surface area contributed by atoms with E-state index in [0.717, 1.165) is 47.3 Å². The van der Waals surface area contributed by atoms with E-state index in [2.05, 4.69) is 222 Å². The smallest absolute Gasteiger partial charge is 0.0309 e. The predicted octanol–water partition coefficient (Wildman–Crippen LogP) is 16.1. The van der Waals surface area contributed by atoms with Crippen LogP contribution >= 0.6 is 0 Å². The van der Waals surface area contributed by atoms with Crippen LogP contribution in [0.2, 0.25) is 40.3 Å². The van der Waals surface area contributed by atoms with Gasteiger partial charge in [-0.1, -0.05) is 222 Å². The van der Waals surface area contributed by atoms with Crippen LogP contribution in [0.1, 0.15) is 222 Å². The van der Waals surface area contributed by atoms with Crippen molar-refractivity contribution in [3.05, 3.63) is 0 Å². The summed E-state index contributed by atoms with van der Waals surface area (Å²) in [6.07, 6.45) is 0. The highest BCUT2D eigenvalue weighted by Gasteiger charge is 3.44. The third kappa shape index (κ3) is 3.16. The molecule has 0 aromatic carbocycles. The number of rotatable bonds is 16. The van der Waals surface area contributed by atoms with E-state index in [1.165, 1.54) is 0 Å². The topological polar surface area (TPSA) is 0 Å². The van der Waals surface area contributed by atoms with E-state index in [1.807, 2.05) is 0 Å². The average Bonchev–Trinajstić information content (AvgIpc) is 3.00. The summed E-state index contributed by atoms with van der Waals surface area (Å²) in [7, 11) is 0. The molecule has 0 nitrogen and oxygen atoms in total. The monoisotopic (exact) mass is 905 g/mol. The van der Waals surface area contributed by atoms with Crippen LogP contribution < -0.4 is 0 Å². The van der Waals surface area contributed by atoms with Crippen molar-refractivity contribution in [2.75, 3.05) is 0 Å². The third-order valence-corrected chi connectivity index (χ3v) is 417. The minimum Gasteiger partial charge on any atom is -0.0628 e. The van der Waals surface area contributed by atoms with Gasteiger partial charge in [0.15, 0.2) is 0 Å². The normalized spacial score (nSPS) is 39.9. The van der Waals surface area contributed by atoms with Crippen molar-refractivity contribution >= 4 is 53.0 Å². The zero-order valence-electron chi connectivity index (χ0n) is 44.6. The maximum atomic E-state index is 3.12. The molecule has 56 heavy (non-hydrogen) atoms. The van der Waals surface area contributed by atoms with E-state index < -0.39 is 53.0 Å². The average molecular weight is 906 g/mol. The molecule has 0 N–H and O–H groups in total. The van der Waals surface area contributed by atoms with E-state index in [4.69, 9.17) is 0 Å². The summed E-state index contributed by atoms with van der Waals surface area (Å²) in [6.45, 7) is 79.5. The molecule has 328 valence electrons. The first-order chi connectivity index (χ1) is 24.5. The van der Waals surface area contributed by atoms with Crippen LogP contribution in [0, 0.1) is 47.3 Å².